The summed E-state index contributed by atoms with van der Waals surface area (Å²) in [5, 5.41) is 0. The van der Waals surface area contributed by atoms with Gasteiger partial charge in [0.15, 0.2) is 6.10 Å². The number of ether oxygens (including phenoxy) is 3. The molecule has 0 amide bonds. The third kappa shape index (κ3) is 51.4. The fourth-order valence-electron chi connectivity index (χ4n) is 7.28. The number of hydrogen-bond donors (Lipinski definition) is 0. The third-order valence-electron chi connectivity index (χ3n) is 11.4. The van der Waals surface area contributed by atoms with Crippen LogP contribution < -0.4 is 0 Å². The number of carbonyl (C=O) groups is 3. The van der Waals surface area contributed by atoms with Gasteiger partial charge in [-0.25, -0.2) is 0 Å². The Morgan fingerprint density at radius 2 is 0.600 bits per heavy atom. The fraction of sp³-hybridized carbons (Fsp3) is 0.712. The van der Waals surface area contributed by atoms with Crippen LogP contribution in [-0.2, 0) is 28.6 Å². The van der Waals surface area contributed by atoms with E-state index >= 15 is 0 Å². The summed E-state index contributed by atoms with van der Waals surface area (Å²) in [6, 6.07) is 0. The summed E-state index contributed by atoms with van der Waals surface area (Å²) in [7, 11) is 0. The van der Waals surface area contributed by atoms with Gasteiger partial charge < -0.3 is 14.2 Å². The number of rotatable bonds is 48. The lowest BCUT2D eigenvalue weighted by atomic mass is 10.1. The molecule has 6 nitrogen and oxygen atoms in total. The smallest absolute Gasteiger partial charge is 0.306 e. The molecule has 0 fully saturated rings. The first-order chi connectivity index (χ1) is 32.0. The molecule has 0 aliphatic heterocycles. The van der Waals surface area contributed by atoms with Crippen molar-refractivity contribution in [1.29, 1.82) is 0 Å². The molecular weight excluding hydrogens is 805 g/mol. The van der Waals surface area contributed by atoms with E-state index in [1.165, 1.54) is 83.5 Å². The number of hydrogen-bond acceptors (Lipinski definition) is 6. The van der Waals surface area contributed by atoms with Crippen LogP contribution in [0.2, 0.25) is 0 Å². The summed E-state index contributed by atoms with van der Waals surface area (Å²) in [5.41, 5.74) is 0. The molecule has 1 unspecified atom stereocenters. The lowest BCUT2D eigenvalue weighted by Crippen LogP contribution is -2.30. The maximum Gasteiger partial charge on any atom is 0.306 e. The van der Waals surface area contributed by atoms with Crippen molar-refractivity contribution in [2.45, 2.75) is 258 Å². The number of carbonyl (C=O) groups excluding carboxylic acids is 3. The van der Waals surface area contributed by atoms with Crippen molar-refractivity contribution in [3.05, 3.63) is 85.1 Å². The van der Waals surface area contributed by atoms with Crippen molar-refractivity contribution in [2.75, 3.05) is 13.2 Å². The zero-order valence-electron chi connectivity index (χ0n) is 42.5. The number of esters is 3. The van der Waals surface area contributed by atoms with Crippen molar-refractivity contribution in [3.63, 3.8) is 0 Å². The van der Waals surface area contributed by atoms with E-state index in [4.69, 9.17) is 14.2 Å². The maximum atomic E-state index is 12.8. The van der Waals surface area contributed by atoms with Crippen molar-refractivity contribution in [1.82, 2.24) is 0 Å². The largest absolute Gasteiger partial charge is 0.462 e. The molecule has 0 aromatic heterocycles. The number of allylic oxidation sites excluding steroid dienone is 14. The summed E-state index contributed by atoms with van der Waals surface area (Å²) < 4.78 is 16.8. The highest BCUT2D eigenvalue weighted by molar-refractivity contribution is 5.71. The monoisotopic (exact) mass is 905 g/mol. The first kappa shape index (κ1) is 61.6. The van der Waals surface area contributed by atoms with E-state index in [0.717, 1.165) is 128 Å². The van der Waals surface area contributed by atoms with Gasteiger partial charge in [-0.1, -0.05) is 202 Å². The van der Waals surface area contributed by atoms with Gasteiger partial charge >= 0.3 is 17.9 Å². The molecule has 0 spiro atoms. The van der Waals surface area contributed by atoms with Crippen LogP contribution in [0, 0.1) is 0 Å². The zero-order valence-corrected chi connectivity index (χ0v) is 42.5. The van der Waals surface area contributed by atoms with Crippen LogP contribution in [-0.4, -0.2) is 37.2 Å². The molecule has 0 aromatic rings. The molecule has 0 rings (SSSR count). The van der Waals surface area contributed by atoms with Crippen LogP contribution in [0.4, 0.5) is 0 Å². The van der Waals surface area contributed by atoms with E-state index in [1.54, 1.807) is 0 Å². The minimum Gasteiger partial charge on any atom is -0.462 e. The Labute approximate surface area is 401 Å². The first-order valence-electron chi connectivity index (χ1n) is 27.1. The predicted molar refractivity (Wildman–Crippen MR) is 279 cm³/mol. The molecule has 0 heterocycles. The molecule has 1 atom stereocenters. The number of unbranched alkanes of at least 4 members (excludes halogenated alkanes) is 23. The second kappa shape index (κ2) is 53.2. The highest BCUT2D eigenvalue weighted by Gasteiger charge is 2.19. The lowest BCUT2D eigenvalue weighted by molar-refractivity contribution is -0.167. The standard InChI is InChI=1S/C59H100O6/c1-4-7-10-13-16-19-22-25-28-29-32-34-37-40-43-46-49-52-58(61)64-55-56(65-59(62)53-50-47-44-41-38-35-31-27-24-21-18-15-12-9-6-3)54-63-57(60)51-48-45-42-39-36-33-30-26-23-20-17-14-11-8-5-2/h7,10,16,18-19,21,25-28,30-32,34,56H,4-6,8-9,11-15,17,20,22-24,29,33,35-55H2,1-3H3/b10-7-,19-16-,21-18-,28-25-,30-26-,31-27-,34-32-. The quantitative estimate of drug-likeness (QED) is 0.0262. The topological polar surface area (TPSA) is 78.9 Å². The van der Waals surface area contributed by atoms with Gasteiger partial charge in [-0.3, -0.25) is 14.4 Å². The van der Waals surface area contributed by atoms with Crippen molar-refractivity contribution in [2.24, 2.45) is 0 Å². The van der Waals surface area contributed by atoms with Gasteiger partial charge in [0, 0.05) is 19.3 Å². The van der Waals surface area contributed by atoms with Gasteiger partial charge in [0.25, 0.3) is 0 Å². The minimum atomic E-state index is -0.798. The summed E-state index contributed by atoms with van der Waals surface area (Å²) >= 11 is 0. The van der Waals surface area contributed by atoms with Crippen molar-refractivity contribution >= 4 is 17.9 Å². The van der Waals surface area contributed by atoms with E-state index in [0.29, 0.717) is 19.3 Å². The Hall–Kier alpha value is -3.41. The van der Waals surface area contributed by atoms with Crippen LogP contribution in [0.1, 0.15) is 252 Å². The fourth-order valence-corrected chi connectivity index (χ4v) is 7.28. The average Bonchev–Trinajstić information content (AvgIpc) is 3.30. The highest BCUT2D eigenvalue weighted by Crippen LogP contribution is 2.14. The molecule has 0 bridgehead atoms. The maximum absolute atomic E-state index is 12.8. The Balaban J connectivity index is 4.47. The minimum absolute atomic E-state index is 0.0948. The van der Waals surface area contributed by atoms with E-state index in [2.05, 4.69) is 106 Å². The summed E-state index contributed by atoms with van der Waals surface area (Å²) in [6.07, 6.45) is 68.5. The van der Waals surface area contributed by atoms with E-state index in [9.17, 15) is 14.4 Å². The van der Waals surface area contributed by atoms with Gasteiger partial charge in [-0.15, -0.1) is 0 Å². The molecule has 65 heavy (non-hydrogen) atoms. The molecule has 0 saturated heterocycles. The van der Waals surface area contributed by atoms with Crippen LogP contribution in [0.25, 0.3) is 0 Å². The Morgan fingerprint density at radius 3 is 0.985 bits per heavy atom. The molecule has 6 heteroatoms. The molecule has 0 aliphatic rings. The van der Waals surface area contributed by atoms with Crippen molar-refractivity contribution in [3.8, 4) is 0 Å². The molecule has 0 saturated carbocycles. The average molecular weight is 905 g/mol. The van der Waals surface area contributed by atoms with Crippen LogP contribution in [0.3, 0.4) is 0 Å². The second-order valence-electron chi connectivity index (χ2n) is 17.7. The highest BCUT2D eigenvalue weighted by atomic mass is 16.6. The molecule has 0 radical (unpaired) electrons. The second-order valence-corrected chi connectivity index (χ2v) is 17.7. The van der Waals surface area contributed by atoms with Gasteiger partial charge in [-0.05, 0) is 116 Å². The summed E-state index contributed by atoms with van der Waals surface area (Å²) in [6.45, 7) is 6.46. The van der Waals surface area contributed by atoms with Crippen LogP contribution >= 0.6 is 0 Å². The van der Waals surface area contributed by atoms with E-state index < -0.39 is 6.10 Å². The zero-order chi connectivity index (χ0) is 47.2. The third-order valence-corrected chi connectivity index (χ3v) is 11.4. The van der Waals surface area contributed by atoms with Gasteiger partial charge in [0.2, 0.25) is 0 Å². The van der Waals surface area contributed by atoms with Gasteiger partial charge in [0.1, 0.15) is 13.2 Å². The first-order valence-corrected chi connectivity index (χ1v) is 27.1. The Bertz CT molecular complexity index is 1270. The van der Waals surface area contributed by atoms with Crippen LogP contribution in [0.15, 0.2) is 85.1 Å². The molecule has 372 valence electrons. The normalized spacial score (nSPS) is 12.7. The van der Waals surface area contributed by atoms with E-state index in [1.807, 2.05) is 0 Å². The molecular formula is C59H100O6. The van der Waals surface area contributed by atoms with Crippen LogP contribution in [0.5, 0.6) is 0 Å². The Kier molecular flexibility index (Phi) is 50.4. The molecule has 0 aliphatic carbocycles. The summed E-state index contributed by atoms with van der Waals surface area (Å²) in [5.74, 6) is -0.939. The SMILES string of the molecule is CC/C=C\C/C=C\C/C=C\C/C=C\CCCCCCC(=O)OCC(COC(=O)CCCCCCC/C=C\CCCCCCCC)OC(=O)CCCCCCC/C=C\C/C=C\CCCCC. The van der Waals surface area contributed by atoms with Crippen molar-refractivity contribution < 1.29 is 28.6 Å². The lowest BCUT2D eigenvalue weighted by Gasteiger charge is -2.18. The molecule has 0 aromatic carbocycles. The molecule has 0 N–H and O–H groups in total. The Morgan fingerprint density at radius 1 is 0.323 bits per heavy atom. The predicted octanol–water partition coefficient (Wildman–Crippen LogP) is 18.0. The summed E-state index contributed by atoms with van der Waals surface area (Å²) in [4.78, 5) is 38.1. The van der Waals surface area contributed by atoms with Gasteiger partial charge in [-0.2, -0.15) is 0 Å². The van der Waals surface area contributed by atoms with Gasteiger partial charge in [0.05, 0.1) is 0 Å². The van der Waals surface area contributed by atoms with E-state index in [-0.39, 0.29) is 31.1 Å².